The summed E-state index contributed by atoms with van der Waals surface area (Å²) < 4.78 is 10.6. The van der Waals surface area contributed by atoms with E-state index in [0.29, 0.717) is 0 Å². The van der Waals surface area contributed by atoms with Crippen LogP contribution in [0.3, 0.4) is 0 Å². The molecular weight excluding hydrogens is 316 g/mol. The summed E-state index contributed by atoms with van der Waals surface area (Å²) in [5, 5.41) is 11.9. The number of rotatable bonds is 8. The van der Waals surface area contributed by atoms with Crippen molar-refractivity contribution in [1.29, 1.82) is 5.26 Å². The zero-order valence-corrected chi connectivity index (χ0v) is 14.8. The molecule has 0 spiro atoms. The van der Waals surface area contributed by atoms with E-state index in [9.17, 15) is 4.79 Å². The van der Waals surface area contributed by atoms with Gasteiger partial charge in [0.05, 0.1) is 13.2 Å². The molecule has 0 unspecified atom stereocenters. The molecule has 1 fully saturated rings. The first-order valence-corrected chi connectivity index (χ1v) is 8.99. The summed E-state index contributed by atoms with van der Waals surface area (Å²) >= 11 is 0. The van der Waals surface area contributed by atoms with E-state index in [0.717, 1.165) is 30.4 Å². The van der Waals surface area contributed by atoms with Gasteiger partial charge in [-0.15, -0.1) is 0 Å². The fourth-order valence-electron chi connectivity index (χ4n) is 2.97. The molecule has 0 amide bonds. The normalized spacial score (nSPS) is 15.3. The fourth-order valence-corrected chi connectivity index (χ4v) is 2.97. The SMILES string of the molecule is CCOC(=O)/C(C#N)=C/Nc1ccc(OCCC2CCCCC2)cc1. The summed E-state index contributed by atoms with van der Waals surface area (Å²) in [5.41, 5.74) is 0.714. The highest BCUT2D eigenvalue weighted by atomic mass is 16.5. The Bertz CT molecular complexity index is 611. The first-order valence-electron chi connectivity index (χ1n) is 8.99. The number of hydrogen-bond donors (Lipinski definition) is 1. The highest BCUT2D eigenvalue weighted by Crippen LogP contribution is 2.26. The second-order valence-corrected chi connectivity index (χ2v) is 6.20. The maximum atomic E-state index is 11.5. The predicted molar refractivity (Wildman–Crippen MR) is 97.1 cm³/mol. The Hall–Kier alpha value is -2.48. The third-order valence-electron chi connectivity index (χ3n) is 4.37. The number of nitrogens with one attached hydrogen (secondary N) is 1. The lowest BCUT2D eigenvalue weighted by atomic mass is 9.87. The first-order chi connectivity index (χ1) is 12.2. The Morgan fingerprint density at radius 3 is 2.64 bits per heavy atom. The number of ether oxygens (including phenoxy) is 2. The largest absolute Gasteiger partial charge is 0.494 e. The van der Waals surface area contributed by atoms with Crippen molar-refractivity contribution in [3.63, 3.8) is 0 Å². The number of carbonyl (C=O) groups is 1. The average molecular weight is 342 g/mol. The Balaban J connectivity index is 1.78. The second kappa shape index (κ2) is 10.4. The van der Waals surface area contributed by atoms with Gasteiger partial charge in [-0.1, -0.05) is 32.1 Å². The van der Waals surface area contributed by atoms with Crippen molar-refractivity contribution in [2.75, 3.05) is 18.5 Å². The van der Waals surface area contributed by atoms with Crippen LogP contribution >= 0.6 is 0 Å². The summed E-state index contributed by atoms with van der Waals surface area (Å²) in [5.74, 6) is 1.02. The molecule has 5 nitrogen and oxygen atoms in total. The third-order valence-corrected chi connectivity index (χ3v) is 4.37. The minimum atomic E-state index is -0.625. The van der Waals surface area contributed by atoms with Gasteiger partial charge in [-0.25, -0.2) is 4.79 Å². The molecule has 1 aliphatic rings. The molecule has 25 heavy (non-hydrogen) atoms. The molecule has 1 aromatic rings. The molecule has 0 saturated heterocycles. The van der Waals surface area contributed by atoms with Gasteiger partial charge < -0.3 is 14.8 Å². The second-order valence-electron chi connectivity index (χ2n) is 6.20. The van der Waals surface area contributed by atoms with Gasteiger partial charge in [0.1, 0.15) is 11.8 Å². The Morgan fingerprint density at radius 1 is 1.28 bits per heavy atom. The minimum Gasteiger partial charge on any atom is -0.494 e. The standard InChI is InChI=1S/C20H26N2O3/c1-2-24-20(23)17(14-21)15-22-18-8-10-19(11-9-18)25-13-12-16-6-4-3-5-7-16/h8-11,15-16,22H,2-7,12-13H2,1H3/b17-15+. The van der Waals surface area contributed by atoms with Crippen LogP contribution in [0.4, 0.5) is 5.69 Å². The zero-order valence-electron chi connectivity index (χ0n) is 14.8. The van der Waals surface area contributed by atoms with Crippen molar-refractivity contribution >= 4 is 11.7 Å². The molecule has 134 valence electrons. The molecule has 2 rings (SSSR count). The molecule has 0 aromatic heterocycles. The van der Waals surface area contributed by atoms with Gasteiger partial charge in [0, 0.05) is 11.9 Å². The highest BCUT2D eigenvalue weighted by Gasteiger charge is 2.13. The smallest absolute Gasteiger partial charge is 0.350 e. The van der Waals surface area contributed by atoms with Gasteiger partial charge in [0.15, 0.2) is 5.57 Å². The third kappa shape index (κ3) is 6.50. The van der Waals surface area contributed by atoms with Gasteiger partial charge in [0.25, 0.3) is 0 Å². The number of hydrogen-bond acceptors (Lipinski definition) is 5. The highest BCUT2D eigenvalue weighted by molar-refractivity contribution is 5.93. The van der Waals surface area contributed by atoms with Crippen LogP contribution in [0, 0.1) is 17.2 Å². The van der Waals surface area contributed by atoms with E-state index in [-0.39, 0.29) is 12.2 Å². The molecule has 0 radical (unpaired) electrons. The number of esters is 1. The topological polar surface area (TPSA) is 71.4 Å². The molecule has 0 heterocycles. The Labute approximate surface area is 149 Å². The van der Waals surface area contributed by atoms with Crippen LogP contribution in [0.15, 0.2) is 36.0 Å². The maximum Gasteiger partial charge on any atom is 0.350 e. The molecule has 0 bridgehead atoms. The lowest BCUT2D eigenvalue weighted by Crippen LogP contribution is -2.10. The van der Waals surface area contributed by atoms with Crippen LogP contribution in [-0.4, -0.2) is 19.2 Å². The van der Waals surface area contributed by atoms with Crippen LogP contribution < -0.4 is 10.1 Å². The molecular formula is C20H26N2O3. The summed E-state index contributed by atoms with van der Waals surface area (Å²) in [6.45, 7) is 2.69. The van der Waals surface area contributed by atoms with Crippen molar-refractivity contribution in [3.05, 3.63) is 36.0 Å². The van der Waals surface area contributed by atoms with Crippen molar-refractivity contribution in [3.8, 4) is 11.8 Å². The zero-order chi connectivity index (χ0) is 17.9. The molecule has 1 saturated carbocycles. The van der Waals surface area contributed by atoms with Crippen molar-refractivity contribution in [1.82, 2.24) is 0 Å². The van der Waals surface area contributed by atoms with Gasteiger partial charge in [-0.2, -0.15) is 5.26 Å². The minimum absolute atomic E-state index is 0.0605. The summed E-state index contributed by atoms with van der Waals surface area (Å²) in [6.07, 6.45) is 9.24. The van der Waals surface area contributed by atoms with E-state index in [4.69, 9.17) is 14.7 Å². The number of nitriles is 1. The average Bonchev–Trinajstić information content (AvgIpc) is 2.64. The predicted octanol–water partition coefficient (Wildman–Crippen LogP) is 4.42. The van der Waals surface area contributed by atoms with E-state index in [2.05, 4.69) is 5.32 Å². The Kier molecular flexibility index (Phi) is 7.84. The van der Waals surface area contributed by atoms with Crippen molar-refractivity contribution in [2.45, 2.75) is 45.4 Å². The van der Waals surface area contributed by atoms with E-state index in [1.165, 1.54) is 38.3 Å². The quantitative estimate of drug-likeness (QED) is 0.430. The van der Waals surface area contributed by atoms with E-state index in [1.54, 1.807) is 6.92 Å². The number of anilines is 1. The van der Waals surface area contributed by atoms with Crippen molar-refractivity contribution in [2.24, 2.45) is 5.92 Å². The number of nitrogens with zero attached hydrogens (tertiary/aromatic N) is 1. The summed E-state index contributed by atoms with van der Waals surface area (Å²) in [6, 6.07) is 9.30. The summed E-state index contributed by atoms with van der Waals surface area (Å²) in [4.78, 5) is 11.5. The first kappa shape index (κ1) is 18.9. The van der Waals surface area contributed by atoms with Crippen LogP contribution in [-0.2, 0) is 9.53 Å². The van der Waals surface area contributed by atoms with E-state index in [1.807, 2.05) is 30.3 Å². The lowest BCUT2D eigenvalue weighted by Gasteiger charge is -2.21. The van der Waals surface area contributed by atoms with Gasteiger partial charge in [0.2, 0.25) is 0 Å². The van der Waals surface area contributed by atoms with Crippen LogP contribution in [0.2, 0.25) is 0 Å². The fraction of sp³-hybridized carbons (Fsp3) is 0.500. The molecule has 0 atom stereocenters. The number of benzene rings is 1. The molecule has 0 aliphatic heterocycles. The number of carbonyl (C=O) groups excluding carboxylic acids is 1. The summed E-state index contributed by atoms with van der Waals surface area (Å²) in [7, 11) is 0. The molecule has 1 N–H and O–H groups in total. The lowest BCUT2D eigenvalue weighted by molar-refractivity contribution is -0.138. The van der Waals surface area contributed by atoms with Crippen LogP contribution in [0.1, 0.15) is 45.4 Å². The maximum absolute atomic E-state index is 11.5. The molecule has 1 aliphatic carbocycles. The van der Waals surface area contributed by atoms with Crippen LogP contribution in [0.5, 0.6) is 5.75 Å². The Morgan fingerprint density at radius 2 is 2.00 bits per heavy atom. The van der Waals surface area contributed by atoms with E-state index < -0.39 is 5.97 Å². The van der Waals surface area contributed by atoms with E-state index >= 15 is 0 Å². The van der Waals surface area contributed by atoms with Gasteiger partial charge in [-0.3, -0.25) is 0 Å². The molecule has 1 aromatic carbocycles. The van der Waals surface area contributed by atoms with Crippen LogP contribution in [0.25, 0.3) is 0 Å². The molecule has 5 heteroatoms. The van der Waals surface area contributed by atoms with Gasteiger partial charge >= 0.3 is 5.97 Å². The monoisotopic (exact) mass is 342 g/mol. The van der Waals surface area contributed by atoms with Gasteiger partial charge in [-0.05, 0) is 43.5 Å². The van der Waals surface area contributed by atoms with Crippen molar-refractivity contribution < 1.29 is 14.3 Å².